The fourth-order valence-electron chi connectivity index (χ4n) is 4.82. The Kier molecular flexibility index (Phi) is 3.31. The van der Waals surface area contributed by atoms with Gasteiger partial charge in [-0.1, -0.05) is 6.42 Å². The highest BCUT2D eigenvalue weighted by molar-refractivity contribution is 5.73. The van der Waals surface area contributed by atoms with E-state index in [1.165, 1.54) is 56.2 Å². The second-order valence-electron chi connectivity index (χ2n) is 7.73. The molecule has 0 atom stereocenters. The molecule has 1 aromatic rings. The summed E-state index contributed by atoms with van der Waals surface area (Å²) < 4.78 is 2.34. The molecule has 1 spiro atoms. The van der Waals surface area contributed by atoms with Gasteiger partial charge in [0.05, 0.1) is 11.7 Å². The second-order valence-corrected chi connectivity index (χ2v) is 7.73. The number of amides is 1. The van der Waals surface area contributed by atoms with Crippen LogP contribution in [0.5, 0.6) is 0 Å². The molecule has 120 valence electrons. The van der Waals surface area contributed by atoms with Gasteiger partial charge in [-0.05, 0) is 50.9 Å². The molecule has 2 heterocycles. The van der Waals surface area contributed by atoms with Gasteiger partial charge in [0, 0.05) is 37.7 Å². The summed E-state index contributed by atoms with van der Waals surface area (Å²) in [7, 11) is 0. The Morgan fingerprint density at radius 2 is 1.95 bits per heavy atom. The van der Waals surface area contributed by atoms with E-state index in [1.807, 2.05) is 4.90 Å². The number of aryl methyl sites for hydroxylation is 1. The predicted molar refractivity (Wildman–Crippen MR) is 85.5 cm³/mol. The smallest absolute Gasteiger partial charge is 0.219 e. The maximum atomic E-state index is 11.6. The number of carbonyl (C=O) groups excluding carboxylic acids is 1. The molecule has 4 rings (SSSR count). The van der Waals surface area contributed by atoms with Crippen molar-refractivity contribution in [1.82, 2.24) is 14.7 Å². The topological polar surface area (TPSA) is 38.1 Å². The van der Waals surface area contributed by atoms with Crippen LogP contribution >= 0.6 is 0 Å². The van der Waals surface area contributed by atoms with Crippen molar-refractivity contribution < 1.29 is 4.79 Å². The number of hydrogen-bond donors (Lipinski definition) is 0. The molecular formula is C18H27N3O. The van der Waals surface area contributed by atoms with Crippen LogP contribution < -0.4 is 0 Å². The number of hydrogen-bond acceptors (Lipinski definition) is 2. The first-order valence-electron chi connectivity index (χ1n) is 8.90. The molecule has 0 unspecified atom stereocenters. The van der Waals surface area contributed by atoms with Crippen molar-refractivity contribution in [2.45, 2.75) is 77.8 Å². The predicted octanol–water partition coefficient (Wildman–Crippen LogP) is 3.38. The molecule has 0 bridgehead atoms. The van der Waals surface area contributed by atoms with E-state index in [0.29, 0.717) is 11.5 Å². The molecule has 2 aliphatic carbocycles. The zero-order valence-electron chi connectivity index (χ0n) is 13.9. The van der Waals surface area contributed by atoms with Gasteiger partial charge in [-0.15, -0.1) is 0 Å². The largest absolute Gasteiger partial charge is 0.338 e. The van der Waals surface area contributed by atoms with E-state index in [2.05, 4.69) is 11.6 Å². The Labute approximate surface area is 132 Å². The van der Waals surface area contributed by atoms with Crippen LogP contribution in [-0.4, -0.2) is 27.1 Å². The van der Waals surface area contributed by atoms with E-state index >= 15 is 0 Å². The number of aromatic nitrogens is 2. The van der Waals surface area contributed by atoms with E-state index in [9.17, 15) is 4.79 Å². The van der Waals surface area contributed by atoms with Crippen molar-refractivity contribution in [3.05, 3.63) is 17.0 Å². The van der Waals surface area contributed by atoms with Gasteiger partial charge in [0.2, 0.25) is 5.91 Å². The lowest BCUT2D eigenvalue weighted by atomic mass is 9.60. The zero-order chi connectivity index (χ0) is 15.3. The van der Waals surface area contributed by atoms with Gasteiger partial charge >= 0.3 is 0 Å². The highest BCUT2D eigenvalue weighted by atomic mass is 16.2. The Hall–Kier alpha value is -1.32. The lowest BCUT2D eigenvalue weighted by molar-refractivity contribution is -0.129. The lowest BCUT2D eigenvalue weighted by Crippen LogP contribution is -2.37. The summed E-state index contributed by atoms with van der Waals surface area (Å²) in [5.41, 5.74) is 4.56. The third-order valence-corrected chi connectivity index (χ3v) is 6.51. The standard InChI is InChI=1S/C18H27N3O/c1-13-16-12-20(14(2)22)11-6-17(16)21(19-13)15-4-9-18(10-5-15)7-3-8-18/h15H,3-12H2,1-2H3. The molecule has 0 radical (unpaired) electrons. The van der Waals surface area contributed by atoms with Crippen molar-refractivity contribution in [3.8, 4) is 0 Å². The highest BCUT2D eigenvalue weighted by Gasteiger charge is 2.41. The van der Waals surface area contributed by atoms with E-state index in [-0.39, 0.29) is 5.91 Å². The van der Waals surface area contributed by atoms with E-state index < -0.39 is 0 Å². The quantitative estimate of drug-likeness (QED) is 0.797. The minimum atomic E-state index is 0.183. The van der Waals surface area contributed by atoms with Gasteiger partial charge < -0.3 is 4.90 Å². The van der Waals surface area contributed by atoms with Crippen LogP contribution in [0.1, 0.15) is 74.9 Å². The summed E-state index contributed by atoms with van der Waals surface area (Å²) >= 11 is 0. The maximum Gasteiger partial charge on any atom is 0.219 e. The van der Waals surface area contributed by atoms with Crippen LogP contribution in [0.15, 0.2) is 0 Å². The molecule has 22 heavy (non-hydrogen) atoms. The SMILES string of the molecule is CC(=O)N1CCc2c(c(C)nn2C2CCC3(CCC3)CC2)C1. The fraction of sp³-hybridized carbons (Fsp3) is 0.778. The molecule has 0 saturated heterocycles. The van der Waals surface area contributed by atoms with Crippen molar-refractivity contribution in [3.63, 3.8) is 0 Å². The summed E-state index contributed by atoms with van der Waals surface area (Å²) in [5, 5.41) is 4.88. The van der Waals surface area contributed by atoms with Gasteiger partial charge in [-0.2, -0.15) is 5.10 Å². The van der Waals surface area contributed by atoms with Crippen molar-refractivity contribution in [1.29, 1.82) is 0 Å². The molecule has 0 aromatic carbocycles. The van der Waals surface area contributed by atoms with Gasteiger partial charge in [0.15, 0.2) is 0 Å². The lowest BCUT2D eigenvalue weighted by Gasteiger charge is -2.47. The minimum absolute atomic E-state index is 0.183. The zero-order valence-corrected chi connectivity index (χ0v) is 13.9. The molecule has 1 amide bonds. The third kappa shape index (κ3) is 2.19. The Balaban J connectivity index is 1.54. The molecule has 2 saturated carbocycles. The van der Waals surface area contributed by atoms with Gasteiger partial charge in [0.1, 0.15) is 0 Å². The van der Waals surface area contributed by atoms with E-state index in [4.69, 9.17) is 5.10 Å². The van der Waals surface area contributed by atoms with E-state index in [0.717, 1.165) is 25.2 Å². The van der Waals surface area contributed by atoms with Crippen LogP contribution in [0.4, 0.5) is 0 Å². The Bertz CT molecular complexity index is 590. The Morgan fingerprint density at radius 1 is 1.23 bits per heavy atom. The molecule has 4 heteroatoms. The first kappa shape index (κ1) is 14.3. The average Bonchev–Trinajstić information content (AvgIpc) is 2.82. The summed E-state index contributed by atoms with van der Waals surface area (Å²) in [5.74, 6) is 0.183. The molecular weight excluding hydrogens is 274 g/mol. The first-order chi connectivity index (χ1) is 10.6. The van der Waals surface area contributed by atoms with Gasteiger partial charge in [-0.25, -0.2) is 0 Å². The molecule has 1 aromatic heterocycles. The van der Waals surface area contributed by atoms with Gasteiger partial charge in [-0.3, -0.25) is 9.48 Å². The van der Waals surface area contributed by atoms with Crippen molar-refractivity contribution >= 4 is 5.91 Å². The van der Waals surface area contributed by atoms with Crippen LogP contribution in [0, 0.1) is 12.3 Å². The molecule has 1 aliphatic heterocycles. The summed E-state index contributed by atoms with van der Waals surface area (Å²) in [6, 6.07) is 0.595. The molecule has 3 aliphatic rings. The molecule has 0 N–H and O–H groups in total. The normalized spacial score (nSPS) is 24.2. The van der Waals surface area contributed by atoms with E-state index in [1.54, 1.807) is 6.92 Å². The summed E-state index contributed by atoms with van der Waals surface area (Å²) in [6.45, 7) is 5.39. The summed E-state index contributed by atoms with van der Waals surface area (Å²) in [4.78, 5) is 13.6. The number of fused-ring (bicyclic) bond motifs is 1. The number of carbonyl (C=O) groups is 1. The monoisotopic (exact) mass is 301 g/mol. The van der Waals surface area contributed by atoms with Crippen molar-refractivity contribution in [2.75, 3.05) is 6.54 Å². The summed E-state index contributed by atoms with van der Waals surface area (Å²) in [6.07, 6.45) is 10.7. The number of nitrogens with zero attached hydrogens (tertiary/aromatic N) is 3. The minimum Gasteiger partial charge on any atom is -0.338 e. The van der Waals surface area contributed by atoms with Gasteiger partial charge in [0.25, 0.3) is 0 Å². The molecule has 2 fully saturated rings. The average molecular weight is 301 g/mol. The van der Waals surface area contributed by atoms with Crippen LogP contribution in [0.25, 0.3) is 0 Å². The van der Waals surface area contributed by atoms with Crippen LogP contribution in [0.3, 0.4) is 0 Å². The van der Waals surface area contributed by atoms with Crippen LogP contribution in [0.2, 0.25) is 0 Å². The first-order valence-corrected chi connectivity index (χ1v) is 8.90. The number of rotatable bonds is 1. The van der Waals surface area contributed by atoms with Crippen molar-refractivity contribution in [2.24, 2.45) is 5.41 Å². The Morgan fingerprint density at radius 3 is 2.55 bits per heavy atom. The second kappa shape index (κ2) is 5.10. The maximum absolute atomic E-state index is 11.6. The molecule has 4 nitrogen and oxygen atoms in total. The highest BCUT2D eigenvalue weighted by Crippen LogP contribution is 2.53. The fourth-order valence-corrected chi connectivity index (χ4v) is 4.82. The van der Waals surface area contributed by atoms with Crippen LogP contribution in [-0.2, 0) is 17.8 Å². The third-order valence-electron chi connectivity index (χ3n) is 6.51.